The molecule has 1 aliphatic carbocycles. The van der Waals surface area contributed by atoms with Gasteiger partial charge in [0.25, 0.3) is 5.91 Å². The van der Waals surface area contributed by atoms with Gasteiger partial charge in [0.1, 0.15) is 11.8 Å². The van der Waals surface area contributed by atoms with E-state index in [0.29, 0.717) is 18.0 Å². The average molecular weight is 401 g/mol. The minimum atomic E-state index is -0.669. The van der Waals surface area contributed by atoms with Crippen molar-refractivity contribution in [3.63, 3.8) is 0 Å². The molecule has 0 bridgehead atoms. The Kier molecular flexibility index (Phi) is 5.93. The summed E-state index contributed by atoms with van der Waals surface area (Å²) in [6.45, 7) is 5.68. The molecule has 2 atom stereocenters. The quantitative estimate of drug-likeness (QED) is 0.844. The molecule has 1 aromatic rings. The van der Waals surface area contributed by atoms with Crippen molar-refractivity contribution in [1.82, 2.24) is 10.2 Å². The molecule has 1 N–H and O–H groups in total. The maximum absolute atomic E-state index is 13.6. The number of ether oxygens (including phenoxy) is 2. The van der Waals surface area contributed by atoms with Crippen molar-refractivity contribution in [2.45, 2.75) is 70.2 Å². The van der Waals surface area contributed by atoms with Crippen LogP contribution in [0.3, 0.4) is 0 Å². The highest BCUT2D eigenvalue weighted by Gasteiger charge is 2.53. The largest absolute Gasteiger partial charge is 0.376 e. The van der Waals surface area contributed by atoms with Gasteiger partial charge in [0.05, 0.1) is 12.7 Å². The van der Waals surface area contributed by atoms with E-state index >= 15 is 0 Å². The van der Waals surface area contributed by atoms with Gasteiger partial charge in [0, 0.05) is 18.7 Å². The molecule has 2 heterocycles. The van der Waals surface area contributed by atoms with E-state index < -0.39 is 11.8 Å². The van der Waals surface area contributed by atoms with Gasteiger partial charge in [-0.05, 0) is 63.0 Å². The lowest BCUT2D eigenvalue weighted by Crippen LogP contribution is -2.57. The van der Waals surface area contributed by atoms with E-state index in [9.17, 15) is 9.59 Å². The predicted molar refractivity (Wildman–Crippen MR) is 109 cm³/mol. The van der Waals surface area contributed by atoms with Crippen molar-refractivity contribution < 1.29 is 19.1 Å². The molecule has 1 spiro atoms. The zero-order valence-corrected chi connectivity index (χ0v) is 17.5. The molecule has 0 radical (unpaired) electrons. The fourth-order valence-electron chi connectivity index (χ4n) is 4.86. The second kappa shape index (κ2) is 8.44. The molecule has 3 aliphatic rings. The highest BCUT2D eigenvalue weighted by atomic mass is 16.5. The molecule has 2 amide bonds. The monoisotopic (exact) mass is 400 g/mol. The summed E-state index contributed by atoms with van der Waals surface area (Å²) in [4.78, 5) is 28.5. The molecular weight excluding hydrogens is 368 g/mol. The summed E-state index contributed by atoms with van der Waals surface area (Å²) in [6.07, 6.45) is 5.64. The Morgan fingerprint density at radius 3 is 2.66 bits per heavy atom. The normalized spacial score (nSPS) is 31.9. The van der Waals surface area contributed by atoms with Crippen molar-refractivity contribution in [3.8, 4) is 0 Å². The van der Waals surface area contributed by atoms with E-state index in [0.717, 1.165) is 50.7 Å². The van der Waals surface area contributed by atoms with Crippen LogP contribution >= 0.6 is 0 Å². The minimum Gasteiger partial charge on any atom is -0.376 e. The van der Waals surface area contributed by atoms with Crippen LogP contribution in [0, 0.1) is 12.8 Å². The van der Waals surface area contributed by atoms with Crippen LogP contribution in [0.1, 0.15) is 61.4 Å². The van der Waals surface area contributed by atoms with Gasteiger partial charge in [-0.2, -0.15) is 0 Å². The number of rotatable bonds is 4. The van der Waals surface area contributed by atoms with Crippen LogP contribution in [0.25, 0.3) is 0 Å². The number of amides is 2. The maximum atomic E-state index is 13.6. The van der Waals surface area contributed by atoms with Crippen LogP contribution in [0.4, 0.5) is 0 Å². The van der Waals surface area contributed by atoms with E-state index in [1.54, 1.807) is 4.90 Å². The van der Waals surface area contributed by atoms with Gasteiger partial charge in [0.2, 0.25) is 5.91 Å². The summed E-state index contributed by atoms with van der Waals surface area (Å²) in [5.41, 5.74) is 0.896. The molecule has 4 rings (SSSR count). The summed E-state index contributed by atoms with van der Waals surface area (Å²) in [6, 6.07) is 6.98. The average Bonchev–Trinajstić information content (AvgIpc) is 3.37. The minimum absolute atomic E-state index is 0.0753. The third-order valence-corrected chi connectivity index (χ3v) is 6.74. The highest BCUT2D eigenvalue weighted by Crippen LogP contribution is 2.43. The first kappa shape index (κ1) is 20.4. The number of carbonyl (C=O) groups is 2. The second-order valence-corrected chi connectivity index (χ2v) is 8.83. The SMILES string of the molecule is Cc1ccccc1C(=O)N1[C@@H](C(=O)NC[C@@H]2CCCO2)COC12CCC(C)CC2. The Morgan fingerprint density at radius 2 is 1.97 bits per heavy atom. The molecule has 6 heteroatoms. The number of aryl methyl sites for hydroxylation is 1. The van der Waals surface area contributed by atoms with E-state index in [2.05, 4.69) is 12.2 Å². The number of hydrogen-bond acceptors (Lipinski definition) is 4. The van der Waals surface area contributed by atoms with Gasteiger partial charge < -0.3 is 14.8 Å². The first-order chi connectivity index (χ1) is 14.0. The van der Waals surface area contributed by atoms with Crippen LogP contribution < -0.4 is 5.32 Å². The van der Waals surface area contributed by atoms with E-state index in [-0.39, 0.29) is 24.5 Å². The third-order valence-electron chi connectivity index (χ3n) is 6.74. The Balaban J connectivity index is 1.57. The Bertz CT molecular complexity index is 751. The first-order valence-corrected chi connectivity index (χ1v) is 10.9. The molecule has 0 aromatic heterocycles. The standard InChI is InChI=1S/C23H32N2O4/c1-16-9-11-23(12-10-16)25(22(27)19-8-4-3-6-17(19)2)20(15-29-23)21(26)24-14-18-7-5-13-28-18/h3-4,6,8,16,18,20H,5,7,9-15H2,1-2H3,(H,24,26)/t16?,18-,20+,23?/m0/s1. The van der Waals surface area contributed by atoms with Gasteiger partial charge in [0.15, 0.2) is 0 Å². The van der Waals surface area contributed by atoms with Crippen LogP contribution in [0.5, 0.6) is 0 Å². The molecule has 6 nitrogen and oxygen atoms in total. The molecule has 2 saturated heterocycles. The summed E-state index contributed by atoms with van der Waals surface area (Å²) in [5, 5.41) is 3.01. The Labute approximate surface area is 172 Å². The topological polar surface area (TPSA) is 67.9 Å². The lowest BCUT2D eigenvalue weighted by Gasteiger charge is -2.43. The lowest BCUT2D eigenvalue weighted by molar-refractivity contribution is -0.128. The maximum Gasteiger partial charge on any atom is 0.257 e. The predicted octanol–water partition coefficient (Wildman–Crippen LogP) is 3.04. The molecule has 2 aliphatic heterocycles. The molecule has 29 heavy (non-hydrogen) atoms. The van der Waals surface area contributed by atoms with Gasteiger partial charge in [-0.25, -0.2) is 0 Å². The Morgan fingerprint density at radius 1 is 1.21 bits per heavy atom. The van der Waals surface area contributed by atoms with Crippen molar-refractivity contribution >= 4 is 11.8 Å². The summed E-state index contributed by atoms with van der Waals surface area (Å²) in [7, 11) is 0. The zero-order chi connectivity index (χ0) is 20.4. The lowest BCUT2D eigenvalue weighted by atomic mass is 9.83. The van der Waals surface area contributed by atoms with Gasteiger partial charge >= 0.3 is 0 Å². The van der Waals surface area contributed by atoms with Crippen molar-refractivity contribution in [2.24, 2.45) is 5.92 Å². The van der Waals surface area contributed by atoms with Crippen molar-refractivity contribution in [3.05, 3.63) is 35.4 Å². The molecule has 1 aromatic carbocycles. The molecule has 1 saturated carbocycles. The number of hydrogen-bond donors (Lipinski definition) is 1. The highest BCUT2D eigenvalue weighted by molar-refractivity contribution is 5.99. The fourth-order valence-corrected chi connectivity index (χ4v) is 4.86. The first-order valence-electron chi connectivity index (χ1n) is 10.9. The molecule has 3 fully saturated rings. The molecule has 158 valence electrons. The van der Waals surface area contributed by atoms with E-state index in [4.69, 9.17) is 9.47 Å². The number of benzene rings is 1. The van der Waals surface area contributed by atoms with Crippen molar-refractivity contribution in [2.75, 3.05) is 19.8 Å². The Hall–Kier alpha value is -1.92. The number of nitrogens with zero attached hydrogens (tertiary/aromatic N) is 1. The number of carbonyl (C=O) groups excluding carboxylic acids is 2. The van der Waals surface area contributed by atoms with E-state index in [1.165, 1.54) is 0 Å². The van der Waals surface area contributed by atoms with E-state index in [1.807, 2.05) is 31.2 Å². The summed E-state index contributed by atoms with van der Waals surface area (Å²) < 4.78 is 11.9. The van der Waals surface area contributed by atoms with Gasteiger partial charge in [-0.1, -0.05) is 25.1 Å². The molecule has 0 unspecified atom stereocenters. The molecular formula is C23H32N2O4. The van der Waals surface area contributed by atoms with Crippen LogP contribution in [0.2, 0.25) is 0 Å². The van der Waals surface area contributed by atoms with Crippen LogP contribution in [-0.4, -0.2) is 54.3 Å². The zero-order valence-electron chi connectivity index (χ0n) is 17.5. The summed E-state index contributed by atoms with van der Waals surface area (Å²) >= 11 is 0. The van der Waals surface area contributed by atoms with Crippen molar-refractivity contribution in [1.29, 1.82) is 0 Å². The number of nitrogens with one attached hydrogen (secondary N) is 1. The summed E-state index contributed by atoms with van der Waals surface area (Å²) in [5.74, 6) is 0.373. The van der Waals surface area contributed by atoms with Gasteiger partial charge in [-0.3, -0.25) is 14.5 Å². The third kappa shape index (κ3) is 4.05. The smallest absolute Gasteiger partial charge is 0.257 e. The van der Waals surface area contributed by atoms with Gasteiger partial charge in [-0.15, -0.1) is 0 Å². The van der Waals surface area contributed by atoms with Crippen LogP contribution in [0.15, 0.2) is 24.3 Å². The van der Waals surface area contributed by atoms with Crippen LogP contribution in [-0.2, 0) is 14.3 Å². The second-order valence-electron chi connectivity index (χ2n) is 8.83. The fraction of sp³-hybridized carbons (Fsp3) is 0.652.